The van der Waals surface area contributed by atoms with E-state index >= 15 is 0 Å². The fourth-order valence-corrected chi connectivity index (χ4v) is 4.69. The zero-order valence-corrected chi connectivity index (χ0v) is 19.9. The van der Waals surface area contributed by atoms with Crippen molar-refractivity contribution in [1.29, 1.82) is 5.26 Å². The first-order chi connectivity index (χ1) is 16.9. The molecule has 0 spiro atoms. The Morgan fingerprint density at radius 3 is 2.60 bits per heavy atom. The van der Waals surface area contributed by atoms with Crippen LogP contribution in [-0.4, -0.2) is 70.0 Å². The van der Waals surface area contributed by atoms with E-state index in [4.69, 9.17) is 32.8 Å². The second-order valence-corrected chi connectivity index (χ2v) is 8.98. The third kappa shape index (κ3) is 4.18. The van der Waals surface area contributed by atoms with Crippen LogP contribution in [0.15, 0.2) is 23.0 Å². The van der Waals surface area contributed by atoms with Gasteiger partial charge in [-0.3, -0.25) is 9.69 Å². The molecule has 2 aliphatic rings. The third-order valence-electron chi connectivity index (χ3n) is 6.37. The van der Waals surface area contributed by atoms with E-state index in [-0.39, 0.29) is 28.7 Å². The second kappa shape index (κ2) is 9.18. The Morgan fingerprint density at radius 2 is 1.94 bits per heavy atom. The molecule has 5 N–H and O–H groups in total. The van der Waals surface area contributed by atoms with Crippen LogP contribution in [0.1, 0.15) is 24.4 Å². The van der Waals surface area contributed by atoms with Crippen molar-refractivity contribution < 1.29 is 4.74 Å². The molecule has 182 valence electrons. The highest BCUT2D eigenvalue weighted by atomic mass is 35.5. The molecule has 0 saturated carbocycles. The molecule has 13 heteroatoms. The lowest BCUT2D eigenvalue weighted by Crippen LogP contribution is -2.60. The van der Waals surface area contributed by atoms with Crippen LogP contribution < -0.4 is 27.4 Å². The summed E-state index contributed by atoms with van der Waals surface area (Å²) >= 11 is 6.41. The third-order valence-corrected chi connectivity index (χ3v) is 6.68. The van der Waals surface area contributed by atoms with Crippen LogP contribution in [0.4, 0.5) is 17.6 Å². The van der Waals surface area contributed by atoms with Gasteiger partial charge in [-0.15, -0.1) is 0 Å². The van der Waals surface area contributed by atoms with Gasteiger partial charge in [-0.1, -0.05) is 17.7 Å². The number of ether oxygens (including phenoxy) is 1. The molecule has 2 aromatic heterocycles. The molecule has 1 aromatic carbocycles. The van der Waals surface area contributed by atoms with Crippen molar-refractivity contribution in [1.82, 2.24) is 24.5 Å². The average Bonchev–Trinajstić information content (AvgIpc) is 2.78. The Morgan fingerprint density at radius 1 is 1.20 bits per heavy atom. The lowest BCUT2D eigenvalue weighted by Gasteiger charge is -2.43. The van der Waals surface area contributed by atoms with Crippen molar-refractivity contribution in [2.45, 2.75) is 19.0 Å². The minimum Gasteiger partial charge on any atom is -0.382 e. The maximum Gasteiger partial charge on any atom is 0.281 e. The Kier molecular flexibility index (Phi) is 6.06. The van der Waals surface area contributed by atoms with Gasteiger partial charge < -0.3 is 26.5 Å². The summed E-state index contributed by atoms with van der Waals surface area (Å²) in [5.74, 6) is 0.529. The summed E-state index contributed by atoms with van der Waals surface area (Å²) in [7, 11) is 0. The van der Waals surface area contributed by atoms with Crippen LogP contribution in [0.3, 0.4) is 0 Å². The summed E-state index contributed by atoms with van der Waals surface area (Å²) in [6, 6.07) is 7.07. The van der Waals surface area contributed by atoms with Crippen molar-refractivity contribution in [3.05, 3.63) is 45.0 Å². The van der Waals surface area contributed by atoms with Gasteiger partial charge in [0.05, 0.1) is 41.2 Å². The fourth-order valence-electron chi connectivity index (χ4n) is 4.44. The monoisotopic (exact) mass is 496 g/mol. The van der Waals surface area contributed by atoms with Crippen LogP contribution in [-0.2, 0) is 4.74 Å². The number of benzene rings is 1. The first-order valence-corrected chi connectivity index (χ1v) is 11.6. The van der Waals surface area contributed by atoms with E-state index in [9.17, 15) is 10.1 Å². The number of hydrogen-bond donors (Lipinski definition) is 3. The van der Waals surface area contributed by atoms with E-state index in [0.717, 1.165) is 26.3 Å². The zero-order valence-electron chi connectivity index (χ0n) is 19.1. The first kappa shape index (κ1) is 23.1. The van der Waals surface area contributed by atoms with Crippen molar-refractivity contribution in [2.75, 3.05) is 61.2 Å². The zero-order chi connectivity index (χ0) is 24.7. The minimum atomic E-state index is -0.537. The topological polar surface area (TPSA) is 164 Å². The SMILES string of the molecule is CC(Nc1nc(N)nc(N)c1C#N)c1nc2cccc(Cl)c2c(=O)n1N1CCN(C2COC2)CC1. The van der Waals surface area contributed by atoms with Crippen molar-refractivity contribution in [2.24, 2.45) is 0 Å². The summed E-state index contributed by atoms with van der Waals surface area (Å²) in [5.41, 5.74) is 11.9. The van der Waals surface area contributed by atoms with Crippen LogP contribution in [0.5, 0.6) is 0 Å². The number of aromatic nitrogens is 4. The molecule has 0 aliphatic carbocycles. The van der Waals surface area contributed by atoms with Crippen LogP contribution >= 0.6 is 11.6 Å². The highest BCUT2D eigenvalue weighted by Gasteiger charge is 2.31. The molecule has 4 heterocycles. The number of fused-ring (bicyclic) bond motifs is 1. The van der Waals surface area contributed by atoms with E-state index < -0.39 is 6.04 Å². The Hall–Kier alpha value is -3.66. The quantitative estimate of drug-likeness (QED) is 0.455. The van der Waals surface area contributed by atoms with Gasteiger partial charge >= 0.3 is 0 Å². The van der Waals surface area contributed by atoms with Gasteiger partial charge in [-0.2, -0.15) is 15.2 Å². The van der Waals surface area contributed by atoms with Crippen molar-refractivity contribution in [3.8, 4) is 6.07 Å². The van der Waals surface area contributed by atoms with E-state index in [0.29, 0.717) is 40.9 Å². The van der Waals surface area contributed by atoms with E-state index in [2.05, 4.69) is 20.2 Å². The predicted molar refractivity (Wildman–Crippen MR) is 133 cm³/mol. The fraction of sp³-hybridized carbons (Fsp3) is 0.409. The molecule has 1 unspecified atom stereocenters. The van der Waals surface area contributed by atoms with E-state index in [1.807, 2.05) is 18.0 Å². The van der Waals surface area contributed by atoms with E-state index in [1.54, 1.807) is 22.9 Å². The molecule has 5 rings (SSSR count). The van der Waals surface area contributed by atoms with E-state index in [1.165, 1.54) is 0 Å². The van der Waals surface area contributed by atoms with Gasteiger partial charge in [0, 0.05) is 26.2 Å². The lowest BCUT2D eigenvalue weighted by atomic mass is 10.2. The molecule has 35 heavy (non-hydrogen) atoms. The van der Waals surface area contributed by atoms with Crippen LogP contribution in [0.25, 0.3) is 10.9 Å². The lowest BCUT2D eigenvalue weighted by molar-refractivity contribution is -0.0672. The highest BCUT2D eigenvalue weighted by Crippen LogP contribution is 2.26. The molecule has 0 amide bonds. The largest absolute Gasteiger partial charge is 0.382 e. The Balaban J connectivity index is 1.56. The molecule has 0 bridgehead atoms. The van der Waals surface area contributed by atoms with Crippen molar-refractivity contribution in [3.63, 3.8) is 0 Å². The number of halogens is 1. The smallest absolute Gasteiger partial charge is 0.281 e. The van der Waals surface area contributed by atoms with Crippen LogP contribution in [0.2, 0.25) is 5.02 Å². The van der Waals surface area contributed by atoms with Gasteiger partial charge in [0.15, 0.2) is 11.6 Å². The summed E-state index contributed by atoms with van der Waals surface area (Å²) in [6.07, 6.45) is 0. The molecule has 2 aliphatic heterocycles. The molecule has 0 radical (unpaired) electrons. The second-order valence-electron chi connectivity index (χ2n) is 8.57. The van der Waals surface area contributed by atoms with Crippen LogP contribution in [0, 0.1) is 11.3 Å². The number of hydrogen-bond acceptors (Lipinski definition) is 11. The van der Waals surface area contributed by atoms with Gasteiger partial charge in [-0.05, 0) is 19.1 Å². The molecular weight excluding hydrogens is 472 g/mol. The number of nitrogens with two attached hydrogens (primary N) is 2. The minimum absolute atomic E-state index is 0.0264. The Labute approximate surface area is 206 Å². The maximum atomic E-state index is 13.8. The number of anilines is 3. The number of rotatable bonds is 5. The Bertz CT molecular complexity index is 1380. The number of piperazine rings is 1. The summed E-state index contributed by atoms with van der Waals surface area (Å²) in [4.78, 5) is 28.9. The normalized spacial score (nSPS) is 17.7. The molecule has 3 aromatic rings. The molecule has 2 saturated heterocycles. The van der Waals surface area contributed by atoms with Crippen molar-refractivity contribution >= 4 is 40.1 Å². The highest BCUT2D eigenvalue weighted by molar-refractivity contribution is 6.35. The van der Waals surface area contributed by atoms with Gasteiger partial charge in [0.2, 0.25) is 5.95 Å². The molecule has 2 fully saturated rings. The average molecular weight is 497 g/mol. The maximum absolute atomic E-state index is 13.8. The molecular formula is C22H25ClN10O2. The number of nitrogens with one attached hydrogen (secondary N) is 1. The van der Waals surface area contributed by atoms with Gasteiger partial charge in [0.1, 0.15) is 17.5 Å². The van der Waals surface area contributed by atoms with Gasteiger partial charge in [-0.25, -0.2) is 9.66 Å². The summed E-state index contributed by atoms with van der Waals surface area (Å²) in [6.45, 7) is 6.15. The number of nitriles is 1. The standard InChI is InChI=1S/C22H25ClN10O2/c1-12(27-19-14(9-24)18(25)29-22(26)30-19)20-28-16-4-2-3-15(23)17(16)21(34)33(20)32-7-5-31(6-8-32)13-10-35-11-13/h2-4,12-13H,5-8,10-11H2,1H3,(H5,25,26,27,29,30). The molecule has 12 nitrogen and oxygen atoms in total. The van der Waals surface area contributed by atoms with Gasteiger partial charge in [0.25, 0.3) is 5.56 Å². The summed E-state index contributed by atoms with van der Waals surface area (Å²) in [5, 5.41) is 15.4. The number of nitrogens with zero attached hydrogens (tertiary/aromatic N) is 7. The predicted octanol–water partition coefficient (Wildman–Crippen LogP) is 0.701. The summed E-state index contributed by atoms with van der Waals surface area (Å²) < 4.78 is 6.91. The molecule has 1 atom stereocenters. The number of nitrogen functional groups attached to an aromatic ring is 2. The first-order valence-electron chi connectivity index (χ1n) is 11.2.